The first-order valence-corrected chi connectivity index (χ1v) is 11.8. The molecule has 2 N–H and O–H groups in total. The maximum absolute atomic E-state index is 13.0. The van der Waals surface area contributed by atoms with Crippen molar-refractivity contribution in [2.24, 2.45) is 17.6 Å². The van der Waals surface area contributed by atoms with Gasteiger partial charge < -0.3 is 15.5 Å². The first kappa shape index (κ1) is 22.2. The molecule has 27 heavy (non-hydrogen) atoms. The molecule has 0 aliphatic carbocycles. The average Bonchev–Trinajstić information content (AvgIpc) is 2.66. The van der Waals surface area contributed by atoms with Gasteiger partial charge in [-0.1, -0.05) is 33.3 Å². The van der Waals surface area contributed by atoms with E-state index in [0.717, 1.165) is 56.6 Å². The molecule has 0 aromatic carbocycles. The normalized spacial score (nSPS) is 24.9. The molecule has 2 aliphatic rings. The van der Waals surface area contributed by atoms with Crippen molar-refractivity contribution in [3.05, 3.63) is 23.4 Å². The van der Waals surface area contributed by atoms with E-state index in [9.17, 15) is 4.79 Å². The van der Waals surface area contributed by atoms with Crippen LogP contribution in [0.5, 0.6) is 0 Å². The Morgan fingerprint density at radius 2 is 1.96 bits per heavy atom. The smallest absolute Gasteiger partial charge is 0.250 e. The Hall–Kier alpha value is -1.10. The second-order valence-corrected chi connectivity index (χ2v) is 9.29. The van der Waals surface area contributed by atoms with E-state index in [0.29, 0.717) is 23.7 Å². The maximum atomic E-state index is 13.0. The van der Waals surface area contributed by atoms with E-state index in [4.69, 9.17) is 5.73 Å². The molecule has 0 bridgehead atoms. The zero-order valence-electron chi connectivity index (χ0n) is 17.6. The number of amides is 1. The van der Waals surface area contributed by atoms with Crippen LogP contribution in [-0.4, -0.2) is 47.1 Å². The van der Waals surface area contributed by atoms with Crippen LogP contribution in [0, 0.1) is 11.8 Å². The van der Waals surface area contributed by atoms with Crippen LogP contribution in [0.2, 0.25) is 0 Å². The van der Waals surface area contributed by atoms with Crippen LogP contribution in [0.4, 0.5) is 0 Å². The van der Waals surface area contributed by atoms with Crippen LogP contribution < -0.4 is 5.73 Å². The topological polar surface area (TPSA) is 49.6 Å². The molecule has 0 saturated carbocycles. The van der Waals surface area contributed by atoms with E-state index in [-0.39, 0.29) is 5.91 Å². The van der Waals surface area contributed by atoms with Crippen LogP contribution >= 0.6 is 11.8 Å². The van der Waals surface area contributed by atoms with Gasteiger partial charge in [0.25, 0.3) is 0 Å². The van der Waals surface area contributed by atoms with E-state index < -0.39 is 0 Å². The molecule has 2 fully saturated rings. The fourth-order valence-corrected chi connectivity index (χ4v) is 5.38. The van der Waals surface area contributed by atoms with Gasteiger partial charge in [0, 0.05) is 37.0 Å². The average molecular weight is 394 g/mol. The van der Waals surface area contributed by atoms with E-state index in [1.54, 1.807) is 0 Å². The van der Waals surface area contributed by atoms with Crippen LogP contribution in [-0.2, 0) is 4.79 Å². The number of piperidine rings is 2. The fraction of sp³-hybridized carbons (Fsp3) is 0.773. The number of nitrogens with zero attached hydrogens (tertiary/aromatic N) is 2. The minimum absolute atomic E-state index is 0.254. The van der Waals surface area contributed by atoms with Gasteiger partial charge in [-0.25, -0.2) is 0 Å². The highest BCUT2D eigenvalue weighted by Crippen LogP contribution is 2.29. The molecule has 0 spiro atoms. The molecule has 0 aromatic rings. The molecule has 2 atom stereocenters. The lowest BCUT2D eigenvalue weighted by Gasteiger charge is -2.40. The Labute approximate surface area is 170 Å². The van der Waals surface area contributed by atoms with Crippen molar-refractivity contribution in [2.45, 2.75) is 71.8 Å². The molecule has 4 nitrogen and oxygen atoms in total. The monoisotopic (exact) mass is 393 g/mol. The van der Waals surface area contributed by atoms with Gasteiger partial charge in [0.05, 0.1) is 5.82 Å². The summed E-state index contributed by atoms with van der Waals surface area (Å²) in [5, 5.41) is 2.10. The van der Waals surface area contributed by atoms with Crippen molar-refractivity contribution >= 4 is 17.7 Å². The van der Waals surface area contributed by atoms with Gasteiger partial charge in [0.2, 0.25) is 5.91 Å². The number of carbonyl (C=O) groups excluding carboxylic acids is 1. The number of hydrogen-bond acceptors (Lipinski definition) is 4. The molecular formula is C22H39N3OS. The first-order chi connectivity index (χ1) is 12.9. The molecule has 2 saturated heterocycles. The molecule has 2 unspecified atom stereocenters. The Balaban J connectivity index is 1.83. The highest BCUT2D eigenvalue weighted by atomic mass is 32.2. The highest BCUT2D eigenvalue weighted by Gasteiger charge is 2.31. The number of unbranched alkanes of at least 4 members (excludes halogenated alkanes) is 1. The van der Waals surface area contributed by atoms with E-state index in [2.05, 4.69) is 35.6 Å². The zero-order chi connectivity index (χ0) is 19.8. The number of rotatable bonds is 8. The second-order valence-electron chi connectivity index (χ2n) is 8.38. The summed E-state index contributed by atoms with van der Waals surface area (Å²) in [4.78, 5) is 17.4. The van der Waals surface area contributed by atoms with Gasteiger partial charge in [-0.15, -0.1) is 11.8 Å². The van der Waals surface area contributed by atoms with Crippen molar-refractivity contribution in [2.75, 3.05) is 25.4 Å². The largest absolute Gasteiger partial charge is 0.386 e. The maximum Gasteiger partial charge on any atom is 0.250 e. The van der Waals surface area contributed by atoms with Crippen LogP contribution in [0.1, 0.15) is 65.7 Å². The van der Waals surface area contributed by atoms with Crippen LogP contribution in [0.25, 0.3) is 0 Å². The van der Waals surface area contributed by atoms with E-state index in [1.807, 2.05) is 18.7 Å². The minimum atomic E-state index is 0.254. The minimum Gasteiger partial charge on any atom is -0.386 e. The molecule has 2 heterocycles. The van der Waals surface area contributed by atoms with Crippen molar-refractivity contribution in [1.82, 2.24) is 9.80 Å². The van der Waals surface area contributed by atoms with Gasteiger partial charge >= 0.3 is 0 Å². The lowest BCUT2D eigenvalue weighted by atomic mass is 9.87. The van der Waals surface area contributed by atoms with E-state index in [1.165, 1.54) is 19.3 Å². The summed E-state index contributed by atoms with van der Waals surface area (Å²) in [6, 6.07) is 0.424. The summed E-state index contributed by atoms with van der Waals surface area (Å²) < 4.78 is 0. The molecule has 2 rings (SSSR count). The number of hydrogen-bond donors (Lipinski definition) is 1. The second kappa shape index (κ2) is 11.0. The van der Waals surface area contributed by atoms with Gasteiger partial charge in [0.15, 0.2) is 0 Å². The molecule has 5 heteroatoms. The van der Waals surface area contributed by atoms with Gasteiger partial charge in [-0.2, -0.15) is 0 Å². The summed E-state index contributed by atoms with van der Waals surface area (Å²) >= 11 is 1.81. The summed E-state index contributed by atoms with van der Waals surface area (Å²) in [5.74, 6) is 3.36. The number of carbonyl (C=O) groups is 1. The molecule has 1 amide bonds. The van der Waals surface area contributed by atoms with Crippen molar-refractivity contribution in [3.8, 4) is 0 Å². The predicted octanol–water partition coefficient (Wildman–Crippen LogP) is 4.58. The highest BCUT2D eigenvalue weighted by molar-refractivity contribution is 8.02. The summed E-state index contributed by atoms with van der Waals surface area (Å²) in [5.41, 5.74) is 6.69. The van der Waals surface area contributed by atoms with Gasteiger partial charge in [0.1, 0.15) is 0 Å². The Bertz CT molecular complexity index is 526. The molecule has 0 aromatic heterocycles. The van der Waals surface area contributed by atoms with Gasteiger partial charge in [-0.05, 0) is 56.3 Å². The molecule has 154 valence electrons. The number of nitrogens with two attached hydrogens (primary N) is 1. The first-order valence-electron chi connectivity index (χ1n) is 10.7. The van der Waals surface area contributed by atoms with E-state index >= 15 is 0 Å². The third-order valence-electron chi connectivity index (χ3n) is 6.18. The number of thioether (sulfide) groups is 1. The van der Waals surface area contributed by atoms with Crippen LogP contribution in [0.15, 0.2) is 23.4 Å². The lowest BCUT2D eigenvalue weighted by molar-refractivity contribution is -0.132. The SMILES string of the molecule is C=C(N)N1CCC(CS/C=C(\C)C(=O)N2CCCC(C)C2CCCC)CC1. The standard InChI is InChI=1S/C22H39N3OS/c1-5-6-9-21-17(2)8-7-12-25(21)22(26)18(3)15-27-16-20-10-13-24(14-11-20)19(4)23/h15,17,20-21H,4-14,16,23H2,1-3H3/b18-15+. The lowest BCUT2D eigenvalue weighted by Crippen LogP contribution is -2.48. The molecular weight excluding hydrogens is 354 g/mol. The summed E-state index contributed by atoms with van der Waals surface area (Å²) in [7, 11) is 0. The Morgan fingerprint density at radius 3 is 2.59 bits per heavy atom. The Morgan fingerprint density at radius 1 is 1.26 bits per heavy atom. The predicted molar refractivity (Wildman–Crippen MR) is 117 cm³/mol. The van der Waals surface area contributed by atoms with Crippen molar-refractivity contribution in [3.63, 3.8) is 0 Å². The summed E-state index contributed by atoms with van der Waals surface area (Å²) in [6.07, 6.45) is 8.27. The van der Waals surface area contributed by atoms with Crippen LogP contribution in [0.3, 0.4) is 0 Å². The Kier molecular flexibility index (Phi) is 9.07. The van der Waals surface area contributed by atoms with Gasteiger partial charge in [-0.3, -0.25) is 4.79 Å². The number of likely N-dealkylation sites (tertiary alicyclic amines) is 2. The fourth-order valence-electron chi connectivity index (χ4n) is 4.33. The zero-order valence-corrected chi connectivity index (χ0v) is 18.4. The van der Waals surface area contributed by atoms with Crippen molar-refractivity contribution in [1.29, 1.82) is 0 Å². The third kappa shape index (κ3) is 6.48. The summed E-state index contributed by atoms with van der Waals surface area (Å²) in [6.45, 7) is 13.3. The molecule has 2 aliphatic heterocycles. The molecule has 0 radical (unpaired) electrons. The quantitative estimate of drug-likeness (QED) is 0.613. The third-order valence-corrected chi connectivity index (χ3v) is 7.36. The van der Waals surface area contributed by atoms with Crippen molar-refractivity contribution < 1.29 is 4.79 Å².